The topological polar surface area (TPSA) is 30.5 Å². The molecule has 1 heterocycles. The summed E-state index contributed by atoms with van der Waals surface area (Å²) in [4.78, 5) is 0. The molecule has 1 aliphatic rings. The minimum absolute atomic E-state index is 0.328. The van der Waals surface area contributed by atoms with E-state index in [9.17, 15) is 0 Å². The molecule has 0 bridgehead atoms. The first-order valence-electron chi connectivity index (χ1n) is 7.37. The molecule has 1 aromatic rings. The van der Waals surface area contributed by atoms with Crippen molar-refractivity contribution in [2.24, 2.45) is 0 Å². The zero-order valence-electron chi connectivity index (χ0n) is 12.0. The highest BCUT2D eigenvalue weighted by Crippen LogP contribution is 2.20. The zero-order valence-corrected chi connectivity index (χ0v) is 12.0. The van der Waals surface area contributed by atoms with Crippen molar-refractivity contribution in [1.29, 1.82) is 0 Å². The van der Waals surface area contributed by atoms with Gasteiger partial charge in [-0.2, -0.15) is 0 Å². The van der Waals surface area contributed by atoms with Crippen LogP contribution in [0.25, 0.3) is 0 Å². The average molecular weight is 263 g/mol. The molecule has 1 aliphatic heterocycles. The second-order valence-electron chi connectivity index (χ2n) is 5.19. The van der Waals surface area contributed by atoms with E-state index in [-0.39, 0.29) is 0 Å². The molecule has 19 heavy (non-hydrogen) atoms. The minimum Gasteiger partial charge on any atom is -0.494 e. The minimum atomic E-state index is 0.328. The quantitative estimate of drug-likeness (QED) is 0.818. The van der Waals surface area contributed by atoms with Crippen molar-refractivity contribution in [2.45, 2.75) is 45.3 Å². The molecule has 1 N–H and O–H groups in total. The Balaban J connectivity index is 1.84. The van der Waals surface area contributed by atoms with E-state index in [0.29, 0.717) is 12.1 Å². The van der Waals surface area contributed by atoms with Crippen molar-refractivity contribution in [1.82, 2.24) is 5.32 Å². The number of hydrogen-bond acceptors (Lipinski definition) is 3. The van der Waals surface area contributed by atoms with Crippen molar-refractivity contribution in [3.05, 3.63) is 29.8 Å². The van der Waals surface area contributed by atoms with Crippen molar-refractivity contribution in [3.63, 3.8) is 0 Å². The summed E-state index contributed by atoms with van der Waals surface area (Å²) in [5, 5.41) is 3.54. The Bertz CT molecular complexity index is 375. The summed E-state index contributed by atoms with van der Waals surface area (Å²) < 4.78 is 11.3. The van der Waals surface area contributed by atoms with E-state index in [0.717, 1.165) is 31.9 Å². The smallest absolute Gasteiger partial charge is 0.119 e. The van der Waals surface area contributed by atoms with Crippen LogP contribution in [0, 0.1) is 0 Å². The van der Waals surface area contributed by atoms with Crippen molar-refractivity contribution >= 4 is 0 Å². The Morgan fingerprint density at radius 3 is 3.11 bits per heavy atom. The van der Waals surface area contributed by atoms with Crippen molar-refractivity contribution in [2.75, 3.05) is 19.8 Å². The second-order valence-corrected chi connectivity index (χ2v) is 5.19. The average Bonchev–Trinajstić information content (AvgIpc) is 2.96. The molecule has 0 aromatic heterocycles. The van der Waals surface area contributed by atoms with Gasteiger partial charge in [0.15, 0.2) is 0 Å². The van der Waals surface area contributed by atoms with Gasteiger partial charge < -0.3 is 14.8 Å². The van der Waals surface area contributed by atoms with Crippen LogP contribution < -0.4 is 10.1 Å². The molecular weight excluding hydrogens is 238 g/mol. The third-order valence-electron chi connectivity index (χ3n) is 3.51. The van der Waals surface area contributed by atoms with Gasteiger partial charge in [-0.1, -0.05) is 19.1 Å². The van der Waals surface area contributed by atoms with Gasteiger partial charge in [0.1, 0.15) is 5.75 Å². The highest BCUT2D eigenvalue weighted by molar-refractivity contribution is 5.30. The van der Waals surface area contributed by atoms with E-state index >= 15 is 0 Å². The predicted molar refractivity (Wildman–Crippen MR) is 77.6 cm³/mol. The summed E-state index contributed by atoms with van der Waals surface area (Å²) in [6.45, 7) is 6.94. The van der Waals surface area contributed by atoms with Gasteiger partial charge in [0.05, 0.1) is 12.7 Å². The van der Waals surface area contributed by atoms with Crippen LogP contribution in [0.4, 0.5) is 0 Å². The molecule has 0 radical (unpaired) electrons. The van der Waals surface area contributed by atoms with Crippen LogP contribution in [0.2, 0.25) is 0 Å². The van der Waals surface area contributed by atoms with Crippen LogP contribution in [0.5, 0.6) is 5.75 Å². The van der Waals surface area contributed by atoms with Crippen molar-refractivity contribution < 1.29 is 9.47 Å². The lowest BCUT2D eigenvalue weighted by molar-refractivity contribution is 0.108. The summed E-state index contributed by atoms with van der Waals surface area (Å²) in [7, 11) is 0. The lowest BCUT2D eigenvalue weighted by atomic mass is 10.1. The molecule has 1 saturated heterocycles. The number of hydrogen-bond donors (Lipinski definition) is 1. The van der Waals surface area contributed by atoms with Crippen LogP contribution in [-0.2, 0) is 4.74 Å². The Morgan fingerprint density at radius 2 is 2.37 bits per heavy atom. The number of benzene rings is 1. The van der Waals surface area contributed by atoms with Crippen LogP contribution in [0.15, 0.2) is 24.3 Å². The largest absolute Gasteiger partial charge is 0.494 e. The molecule has 2 unspecified atom stereocenters. The van der Waals surface area contributed by atoms with E-state index in [4.69, 9.17) is 9.47 Å². The first-order chi connectivity index (χ1) is 9.29. The highest BCUT2D eigenvalue weighted by atomic mass is 16.5. The molecule has 0 saturated carbocycles. The van der Waals surface area contributed by atoms with E-state index in [1.807, 2.05) is 6.07 Å². The summed E-state index contributed by atoms with van der Waals surface area (Å²) >= 11 is 0. The van der Waals surface area contributed by atoms with Gasteiger partial charge in [-0.15, -0.1) is 0 Å². The van der Waals surface area contributed by atoms with E-state index < -0.39 is 0 Å². The van der Waals surface area contributed by atoms with E-state index in [1.54, 1.807) is 0 Å². The van der Waals surface area contributed by atoms with Gasteiger partial charge in [0.2, 0.25) is 0 Å². The number of rotatable bonds is 7. The van der Waals surface area contributed by atoms with Crippen LogP contribution in [-0.4, -0.2) is 25.9 Å². The monoisotopic (exact) mass is 263 g/mol. The number of ether oxygens (including phenoxy) is 2. The zero-order chi connectivity index (χ0) is 13.5. The molecule has 3 nitrogen and oxygen atoms in total. The highest BCUT2D eigenvalue weighted by Gasteiger charge is 2.16. The molecule has 106 valence electrons. The molecule has 3 heteroatoms. The SMILES string of the molecule is CCCOc1cccc(C(C)NCC2CCCO2)c1. The first-order valence-corrected chi connectivity index (χ1v) is 7.37. The molecular formula is C16H25NO2. The summed E-state index contributed by atoms with van der Waals surface area (Å²) in [5.41, 5.74) is 1.27. The Morgan fingerprint density at radius 1 is 1.47 bits per heavy atom. The lowest BCUT2D eigenvalue weighted by Gasteiger charge is -2.18. The van der Waals surface area contributed by atoms with Gasteiger partial charge in [-0.25, -0.2) is 0 Å². The van der Waals surface area contributed by atoms with Gasteiger partial charge >= 0.3 is 0 Å². The predicted octanol–water partition coefficient (Wildman–Crippen LogP) is 3.31. The third kappa shape index (κ3) is 4.51. The molecule has 2 atom stereocenters. The van der Waals surface area contributed by atoms with Gasteiger partial charge in [0.25, 0.3) is 0 Å². The normalized spacial score (nSPS) is 20.4. The number of nitrogens with one attached hydrogen (secondary N) is 1. The first kappa shape index (κ1) is 14.4. The molecule has 0 amide bonds. The molecule has 1 fully saturated rings. The molecule has 0 spiro atoms. The fraction of sp³-hybridized carbons (Fsp3) is 0.625. The Kier molecular flexibility index (Phi) is 5.67. The van der Waals surface area contributed by atoms with E-state index in [2.05, 4.69) is 37.4 Å². The van der Waals surface area contributed by atoms with Crippen molar-refractivity contribution in [3.8, 4) is 5.75 Å². The van der Waals surface area contributed by atoms with Crippen LogP contribution in [0.1, 0.15) is 44.7 Å². The van der Waals surface area contributed by atoms with Crippen LogP contribution in [0.3, 0.4) is 0 Å². The molecule has 1 aromatic carbocycles. The van der Waals surface area contributed by atoms with Crippen LogP contribution >= 0.6 is 0 Å². The maximum Gasteiger partial charge on any atom is 0.119 e. The maximum atomic E-state index is 5.67. The fourth-order valence-corrected chi connectivity index (χ4v) is 2.32. The fourth-order valence-electron chi connectivity index (χ4n) is 2.32. The summed E-state index contributed by atoms with van der Waals surface area (Å²) in [5.74, 6) is 0.963. The van der Waals surface area contributed by atoms with Gasteiger partial charge in [-0.05, 0) is 43.9 Å². The van der Waals surface area contributed by atoms with Gasteiger partial charge in [-0.3, -0.25) is 0 Å². The van der Waals surface area contributed by atoms with Gasteiger partial charge in [0, 0.05) is 19.2 Å². The Hall–Kier alpha value is -1.06. The summed E-state index contributed by atoms with van der Waals surface area (Å²) in [6.07, 6.45) is 3.80. The molecule has 0 aliphatic carbocycles. The van der Waals surface area contributed by atoms with E-state index in [1.165, 1.54) is 18.4 Å². The summed E-state index contributed by atoms with van der Waals surface area (Å²) in [6, 6.07) is 8.68. The lowest BCUT2D eigenvalue weighted by Crippen LogP contribution is -2.28. The third-order valence-corrected chi connectivity index (χ3v) is 3.51. The molecule has 2 rings (SSSR count). The maximum absolute atomic E-state index is 5.67. The Labute approximate surface area is 116 Å². The second kappa shape index (κ2) is 7.51. The standard InChI is InChI=1S/C16H25NO2/c1-3-9-18-15-7-4-6-14(11-15)13(2)17-12-16-8-5-10-19-16/h4,6-7,11,13,16-17H,3,5,8-10,12H2,1-2H3.